The second-order valence-electron chi connectivity index (χ2n) is 3.01. The van der Waals surface area contributed by atoms with Crippen molar-refractivity contribution in [1.29, 1.82) is 0 Å². The molecule has 0 saturated heterocycles. The normalized spacial score (nSPS) is 11.5. The summed E-state index contributed by atoms with van der Waals surface area (Å²) in [5.74, 6) is -0.203. The summed E-state index contributed by atoms with van der Waals surface area (Å²) in [5, 5.41) is 2.59. The van der Waals surface area contributed by atoms with Crippen molar-refractivity contribution in [3.05, 3.63) is 22.2 Å². The standard InChI is InChI=1S/C9H10BrNO3S.Na/c1-5-3-8(11-6(2)12)7(10)4-9(5)15(13)14;/h3-4H,1-2H3,(H,11,12)(H,13,14);/q;+1/p-1. The summed E-state index contributed by atoms with van der Waals surface area (Å²) in [7, 11) is 0. The zero-order chi connectivity index (χ0) is 11.6. The topological polar surface area (TPSA) is 69.2 Å². The van der Waals surface area contributed by atoms with Gasteiger partial charge in [-0.05, 0) is 51.6 Å². The van der Waals surface area contributed by atoms with Crippen molar-refractivity contribution in [3.63, 3.8) is 0 Å². The van der Waals surface area contributed by atoms with E-state index in [1.165, 1.54) is 13.0 Å². The number of amides is 1. The molecule has 1 aromatic rings. The van der Waals surface area contributed by atoms with Gasteiger partial charge in [0.1, 0.15) is 0 Å². The average Bonchev–Trinajstić information content (AvgIpc) is 2.09. The van der Waals surface area contributed by atoms with E-state index < -0.39 is 11.1 Å². The first-order chi connectivity index (χ1) is 6.91. The Hall–Kier alpha value is 0.280. The first kappa shape index (κ1) is 16.3. The number of hydrogen-bond acceptors (Lipinski definition) is 3. The van der Waals surface area contributed by atoms with Crippen LogP contribution in [0.25, 0.3) is 0 Å². The SMILES string of the molecule is CC(=O)Nc1cc(C)c(S(=O)[O-])cc1Br.[Na+]. The number of hydrogen-bond donors (Lipinski definition) is 1. The van der Waals surface area contributed by atoms with Crippen molar-refractivity contribution >= 4 is 38.6 Å². The molecule has 0 aliphatic heterocycles. The zero-order valence-corrected chi connectivity index (χ0v) is 13.6. The molecule has 82 valence electrons. The van der Waals surface area contributed by atoms with E-state index in [1.807, 2.05) is 0 Å². The Balaban J connectivity index is 0.00000225. The van der Waals surface area contributed by atoms with Crippen molar-refractivity contribution in [2.45, 2.75) is 18.7 Å². The molecule has 0 aromatic heterocycles. The third kappa shape index (κ3) is 4.27. The van der Waals surface area contributed by atoms with E-state index in [4.69, 9.17) is 0 Å². The van der Waals surface area contributed by atoms with Gasteiger partial charge in [-0.1, -0.05) is 0 Å². The molecule has 1 amide bonds. The molecule has 1 rings (SSSR count). The van der Waals surface area contributed by atoms with E-state index in [1.54, 1.807) is 13.0 Å². The zero-order valence-electron chi connectivity index (χ0n) is 9.17. The summed E-state index contributed by atoms with van der Waals surface area (Å²) in [6, 6.07) is 3.07. The first-order valence-corrected chi connectivity index (χ1v) is 5.95. The minimum atomic E-state index is -2.26. The molecule has 0 spiro atoms. The summed E-state index contributed by atoms with van der Waals surface area (Å²) in [4.78, 5) is 11.1. The van der Waals surface area contributed by atoms with Gasteiger partial charge in [0.25, 0.3) is 0 Å². The quantitative estimate of drug-likeness (QED) is 0.560. The van der Waals surface area contributed by atoms with Crippen LogP contribution in [-0.2, 0) is 15.9 Å². The minimum Gasteiger partial charge on any atom is -0.768 e. The van der Waals surface area contributed by atoms with Crippen LogP contribution in [-0.4, -0.2) is 14.7 Å². The predicted molar refractivity (Wildman–Crippen MR) is 60.4 cm³/mol. The van der Waals surface area contributed by atoms with Crippen LogP contribution in [0.4, 0.5) is 5.69 Å². The van der Waals surface area contributed by atoms with Crippen LogP contribution in [0.3, 0.4) is 0 Å². The third-order valence-electron chi connectivity index (χ3n) is 1.75. The predicted octanol–water partition coefficient (Wildman–Crippen LogP) is -1.04. The van der Waals surface area contributed by atoms with Gasteiger partial charge in [0.2, 0.25) is 5.91 Å². The molecule has 0 aliphatic rings. The number of rotatable bonds is 2. The Labute approximate surface area is 127 Å². The Morgan fingerprint density at radius 3 is 2.50 bits per heavy atom. The second kappa shape index (κ2) is 6.88. The van der Waals surface area contributed by atoms with Gasteiger partial charge in [-0.25, -0.2) is 0 Å². The Kier molecular flexibility index (Phi) is 7.00. The van der Waals surface area contributed by atoms with Crippen molar-refractivity contribution in [2.75, 3.05) is 5.32 Å². The number of nitrogens with one attached hydrogen (secondary N) is 1. The van der Waals surface area contributed by atoms with Gasteiger partial charge in [0, 0.05) is 16.3 Å². The number of anilines is 1. The van der Waals surface area contributed by atoms with E-state index in [0.29, 0.717) is 15.7 Å². The van der Waals surface area contributed by atoms with Crippen LogP contribution < -0.4 is 34.9 Å². The molecule has 0 heterocycles. The Bertz CT molecular complexity index is 439. The van der Waals surface area contributed by atoms with Gasteiger partial charge in [-0.15, -0.1) is 0 Å². The van der Waals surface area contributed by atoms with Crippen molar-refractivity contribution in [3.8, 4) is 0 Å². The van der Waals surface area contributed by atoms with E-state index in [-0.39, 0.29) is 40.4 Å². The maximum absolute atomic E-state index is 10.8. The smallest absolute Gasteiger partial charge is 0.768 e. The fourth-order valence-electron chi connectivity index (χ4n) is 1.13. The summed E-state index contributed by atoms with van der Waals surface area (Å²) in [6.07, 6.45) is 0. The van der Waals surface area contributed by atoms with E-state index in [0.717, 1.165) is 0 Å². The number of carbonyl (C=O) groups excluding carboxylic acids is 1. The van der Waals surface area contributed by atoms with Crippen molar-refractivity contribution < 1.29 is 43.1 Å². The van der Waals surface area contributed by atoms with E-state index in [2.05, 4.69) is 21.2 Å². The van der Waals surface area contributed by atoms with Crippen LogP contribution in [0.1, 0.15) is 12.5 Å². The molecular formula is C9H9BrNNaO3S. The monoisotopic (exact) mass is 313 g/mol. The van der Waals surface area contributed by atoms with Gasteiger partial charge >= 0.3 is 29.6 Å². The molecule has 0 fully saturated rings. The molecule has 1 atom stereocenters. The van der Waals surface area contributed by atoms with Gasteiger partial charge in [0.15, 0.2) is 0 Å². The third-order valence-corrected chi connectivity index (χ3v) is 3.21. The molecule has 1 unspecified atom stereocenters. The molecule has 16 heavy (non-hydrogen) atoms. The van der Waals surface area contributed by atoms with Gasteiger partial charge in [0.05, 0.1) is 5.69 Å². The molecular weight excluding hydrogens is 305 g/mol. The first-order valence-electron chi connectivity index (χ1n) is 4.09. The fourth-order valence-corrected chi connectivity index (χ4v) is 2.26. The van der Waals surface area contributed by atoms with Crippen LogP contribution in [0.2, 0.25) is 0 Å². The molecule has 1 N–H and O–H groups in total. The maximum Gasteiger partial charge on any atom is 1.00 e. The van der Waals surface area contributed by atoms with Crippen molar-refractivity contribution in [2.24, 2.45) is 0 Å². The fraction of sp³-hybridized carbons (Fsp3) is 0.222. The summed E-state index contributed by atoms with van der Waals surface area (Å²) in [6.45, 7) is 3.06. The molecule has 0 aliphatic carbocycles. The largest absolute Gasteiger partial charge is 1.00 e. The number of carbonyl (C=O) groups is 1. The summed E-state index contributed by atoms with van der Waals surface area (Å²) in [5.41, 5.74) is 1.16. The van der Waals surface area contributed by atoms with Crippen LogP contribution in [0.15, 0.2) is 21.5 Å². The van der Waals surface area contributed by atoms with Crippen molar-refractivity contribution in [1.82, 2.24) is 0 Å². The Morgan fingerprint density at radius 1 is 1.50 bits per heavy atom. The number of aryl methyl sites for hydroxylation is 1. The molecule has 1 aromatic carbocycles. The van der Waals surface area contributed by atoms with Crippen LogP contribution >= 0.6 is 15.9 Å². The number of benzene rings is 1. The summed E-state index contributed by atoms with van der Waals surface area (Å²) < 4.78 is 22.1. The van der Waals surface area contributed by atoms with Gasteiger partial charge in [-0.2, -0.15) is 0 Å². The number of halogens is 1. The molecule has 7 heteroatoms. The molecule has 0 saturated carbocycles. The van der Waals surface area contributed by atoms with Gasteiger partial charge in [-0.3, -0.25) is 9.00 Å². The molecule has 0 radical (unpaired) electrons. The molecule has 0 bridgehead atoms. The van der Waals surface area contributed by atoms with E-state index in [9.17, 15) is 13.6 Å². The maximum atomic E-state index is 10.8. The van der Waals surface area contributed by atoms with Crippen LogP contribution in [0.5, 0.6) is 0 Å². The minimum absolute atomic E-state index is 0. The Morgan fingerprint density at radius 2 is 2.06 bits per heavy atom. The van der Waals surface area contributed by atoms with Crippen LogP contribution in [0, 0.1) is 6.92 Å². The second-order valence-corrected chi connectivity index (χ2v) is 4.78. The van der Waals surface area contributed by atoms with E-state index >= 15 is 0 Å². The average molecular weight is 314 g/mol. The molecule has 4 nitrogen and oxygen atoms in total. The van der Waals surface area contributed by atoms with Gasteiger partial charge < -0.3 is 9.87 Å². The summed E-state index contributed by atoms with van der Waals surface area (Å²) >= 11 is 0.926.